The summed E-state index contributed by atoms with van der Waals surface area (Å²) in [5, 5.41) is 3.44. The average Bonchev–Trinajstić information content (AvgIpc) is 2.88. The summed E-state index contributed by atoms with van der Waals surface area (Å²) < 4.78 is 5.84. The van der Waals surface area contributed by atoms with Crippen LogP contribution in [0.3, 0.4) is 0 Å². The molecule has 0 aromatic carbocycles. The Morgan fingerprint density at radius 1 is 1.21 bits per heavy atom. The summed E-state index contributed by atoms with van der Waals surface area (Å²) in [6, 6.07) is 4.26. The van der Waals surface area contributed by atoms with Crippen LogP contribution >= 0.6 is 0 Å². The molecule has 108 valence electrons. The third kappa shape index (κ3) is 4.66. The van der Waals surface area contributed by atoms with Crippen LogP contribution in [0, 0.1) is 5.92 Å². The molecule has 1 N–H and O–H groups in total. The molecule has 3 heteroatoms. The Morgan fingerprint density at radius 3 is 2.58 bits per heavy atom. The maximum atomic E-state index is 5.84. The van der Waals surface area contributed by atoms with Gasteiger partial charge in [-0.15, -0.1) is 0 Å². The Morgan fingerprint density at radius 2 is 1.95 bits per heavy atom. The smallest absolute Gasteiger partial charge is 0.118 e. The summed E-state index contributed by atoms with van der Waals surface area (Å²) >= 11 is 0. The maximum absolute atomic E-state index is 5.84. The second-order valence-corrected chi connectivity index (χ2v) is 5.65. The highest BCUT2D eigenvalue weighted by Crippen LogP contribution is 2.17. The highest BCUT2D eigenvalue weighted by Gasteiger charge is 2.17. The van der Waals surface area contributed by atoms with Gasteiger partial charge in [-0.1, -0.05) is 13.8 Å². The molecule has 0 bridgehead atoms. The van der Waals surface area contributed by atoms with Crippen molar-refractivity contribution in [2.24, 2.45) is 5.92 Å². The Labute approximate surface area is 117 Å². The fourth-order valence-electron chi connectivity index (χ4n) is 2.90. The standard InChI is InChI=1S/C16H28N2O/c1-3-11-18(12-14-7-9-17-10-8-14)13-16-6-5-15(4-2)19-16/h5-6,14,17H,3-4,7-13H2,1-2H3. The fraction of sp³-hybridized carbons (Fsp3) is 0.750. The van der Waals surface area contributed by atoms with Gasteiger partial charge in [-0.25, -0.2) is 0 Å². The van der Waals surface area contributed by atoms with Crippen LogP contribution < -0.4 is 5.32 Å². The first-order chi connectivity index (χ1) is 9.31. The molecule has 2 rings (SSSR count). The van der Waals surface area contributed by atoms with Crippen molar-refractivity contribution in [2.45, 2.75) is 46.1 Å². The van der Waals surface area contributed by atoms with E-state index in [9.17, 15) is 0 Å². The van der Waals surface area contributed by atoms with Crippen molar-refractivity contribution in [1.82, 2.24) is 10.2 Å². The number of nitrogens with zero attached hydrogens (tertiary/aromatic N) is 1. The highest BCUT2D eigenvalue weighted by molar-refractivity contribution is 5.07. The third-order valence-corrected chi connectivity index (χ3v) is 3.96. The summed E-state index contributed by atoms with van der Waals surface area (Å²) in [5.74, 6) is 3.08. The van der Waals surface area contributed by atoms with Crippen molar-refractivity contribution < 1.29 is 4.42 Å². The predicted octanol–water partition coefficient (Wildman–Crippen LogP) is 3.05. The molecule has 1 aromatic rings. The van der Waals surface area contributed by atoms with Gasteiger partial charge in [-0.3, -0.25) is 4.90 Å². The number of hydrogen-bond acceptors (Lipinski definition) is 3. The number of furan rings is 1. The van der Waals surface area contributed by atoms with Crippen LogP contribution in [0.15, 0.2) is 16.5 Å². The van der Waals surface area contributed by atoms with Gasteiger partial charge in [0, 0.05) is 13.0 Å². The van der Waals surface area contributed by atoms with E-state index >= 15 is 0 Å². The lowest BCUT2D eigenvalue weighted by molar-refractivity contribution is 0.186. The van der Waals surface area contributed by atoms with E-state index in [1.165, 1.54) is 45.4 Å². The lowest BCUT2D eigenvalue weighted by atomic mass is 9.97. The number of hydrogen-bond donors (Lipinski definition) is 1. The van der Waals surface area contributed by atoms with E-state index in [2.05, 4.69) is 36.2 Å². The van der Waals surface area contributed by atoms with Crippen molar-refractivity contribution >= 4 is 0 Å². The fourth-order valence-corrected chi connectivity index (χ4v) is 2.90. The maximum Gasteiger partial charge on any atom is 0.118 e. The van der Waals surface area contributed by atoms with Crippen molar-refractivity contribution in [3.05, 3.63) is 23.7 Å². The molecular formula is C16H28N2O. The zero-order valence-corrected chi connectivity index (χ0v) is 12.5. The van der Waals surface area contributed by atoms with Gasteiger partial charge >= 0.3 is 0 Å². The largest absolute Gasteiger partial charge is 0.465 e. The molecule has 0 amide bonds. The number of nitrogens with one attached hydrogen (secondary N) is 1. The van der Waals surface area contributed by atoms with Crippen molar-refractivity contribution in [2.75, 3.05) is 26.2 Å². The second kappa shape index (κ2) is 7.71. The van der Waals surface area contributed by atoms with Gasteiger partial charge in [0.15, 0.2) is 0 Å². The number of aryl methyl sites for hydroxylation is 1. The molecule has 0 atom stereocenters. The van der Waals surface area contributed by atoms with Gasteiger partial charge < -0.3 is 9.73 Å². The van der Waals surface area contributed by atoms with E-state index in [0.717, 1.165) is 30.4 Å². The van der Waals surface area contributed by atoms with Crippen LogP contribution in [0.4, 0.5) is 0 Å². The summed E-state index contributed by atoms with van der Waals surface area (Å²) in [7, 11) is 0. The third-order valence-electron chi connectivity index (χ3n) is 3.96. The van der Waals surface area contributed by atoms with Crippen LogP contribution in [0.1, 0.15) is 44.6 Å². The topological polar surface area (TPSA) is 28.4 Å². The molecule has 1 aliphatic rings. The summed E-state index contributed by atoms with van der Waals surface area (Å²) in [6.45, 7) is 10.1. The molecule has 2 heterocycles. The molecule has 0 aliphatic carbocycles. The van der Waals surface area contributed by atoms with Crippen molar-refractivity contribution in [3.63, 3.8) is 0 Å². The average molecular weight is 264 g/mol. The van der Waals surface area contributed by atoms with Crippen LogP contribution in [-0.4, -0.2) is 31.1 Å². The number of rotatable bonds is 7. The number of piperidine rings is 1. The summed E-state index contributed by atoms with van der Waals surface area (Å²) in [6.07, 6.45) is 4.84. The van der Waals surface area contributed by atoms with E-state index in [-0.39, 0.29) is 0 Å². The molecule has 3 nitrogen and oxygen atoms in total. The van der Waals surface area contributed by atoms with Gasteiger partial charge in [0.05, 0.1) is 6.54 Å². The molecular weight excluding hydrogens is 236 g/mol. The quantitative estimate of drug-likeness (QED) is 0.820. The van der Waals surface area contributed by atoms with Crippen LogP contribution in [0.25, 0.3) is 0 Å². The van der Waals surface area contributed by atoms with E-state index in [1.54, 1.807) is 0 Å². The molecule has 0 spiro atoms. The highest BCUT2D eigenvalue weighted by atomic mass is 16.3. The molecule has 1 saturated heterocycles. The molecule has 19 heavy (non-hydrogen) atoms. The Kier molecular flexibility index (Phi) is 5.93. The van der Waals surface area contributed by atoms with E-state index in [0.29, 0.717) is 0 Å². The monoisotopic (exact) mass is 264 g/mol. The van der Waals surface area contributed by atoms with Gasteiger partial charge in [-0.05, 0) is 56.9 Å². The lowest BCUT2D eigenvalue weighted by Gasteiger charge is -2.29. The molecule has 1 fully saturated rings. The zero-order valence-electron chi connectivity index (χ0n) is 12.5. The first-order valence-electron chi connectivity index (χ1n) is 7.82. The van der Waals surface area contributed by atoms with E-state index in [4.69, 9.17) is 4.42 Å². The second-order valence-electron chi connectivity index (χ2n) is 5.65. The SMILES string of the molecule is CCCN(Cc1ccc(CC)o1)CC1CCNCC1. The Balaban J connectivity index is 1.87. The van der Waals surface area contributed by atoms with Gasteiger partial charge in [0.1, 0.15) is 11.5 Å². The Bertz CT molecular complexity index is 355. The summed E-state index contributed by atoms with van der Waals surface area (Å²) in [4.78, 5) is 2.56. The normalized spacial score (nSPS) is 17.2. The lowest BCUT2D eigenvalue weighted by Crippen LogP contribution is -2.36. The van der Waals surface area contributed by atoms with E-state index < -0.39 is 0 Å². The van der Waals surface area contributed by atoms with Gasteiger partial charge in [0.2, 0.25) is 0 Å². The molecule has 1 aliphatic heterocycles. The van der Waals surface area contributed by atoms with Crippen LogP contribution in [0.5, 0.6) is 0 Å². The first kappa shape index (κ1) is 14.6. The van der Waals surface area contributed by atoms with Crippen LogP contribution in [0.2, 0.25) is 0 Å². The first-order valence-corrected chi connectivity index (χ1v) is 7.82. The van der Waals surface area contributed by atoms with Gasteiger partial charge in [0.25, 0.3) is 0 Å². The van der Waals surface area contributed by atoms with Gasteiger partial charge in [-0.2, -0.15) is 0 Å². The zero-order chi connectivity index (χ0) is 13.5. The Hall–Kier alpha value is -0.800. The molecule has 0 saturated carbocycles. The minimum absolute atomic E-state index is 0.855. The van der Waals surface area contributed by atoms with E-state index in [1.807, 2.05) is 0 Å². The molecule has 0 radical (unpaired) electrons. The minimum atomic E-state index is 0.855. The summed E-state index contributed by atoms with van der Waals surface area (Å²) in [5.41, 5.74) is 0. The van der Waals surface area contributed by atoms with Crippen LogP contribution in [-0.2, 0) is 13.0 Å². The molecule has 0 unspecified atom stereocenters. The molecule has 1 aromatic heterocycles. The van der Waals surface area contributed by atoms with Crippen molar-refractivity contribution in [3.8, 4) is 0 Å². The predicted molar refractivity (Wildman–Crippen MR) is 79.2 cm³/mol. The van der Waals surface area contributed by atoms with Crippen molar-refractivity contribution in [1.29, 1.82) is 0 Å². The minimum Gasteiger partial charge on any atom is -0.465 e.